The third kappa shape index (κ3) is 4.38. The molecule has 8 heteroatoms. The van der Waals surface area contributed by atoms with E-state index in [-0.39, 0.29) is 18.0 Å². The van der Waals surface area contributed by atoms with Crippen LogP contribution in [0.3, 0.4) is 0 Å². The highest BCUT2D eigenvalue weighted by Gasteiger charge is 2.33. The maximum atomic E-state index is 13.8. The van der Waals surface area contributed by atoms with Crippen LogP contribution in [0.5, 0.6) is 0 Å². The van der Waals surface area contributed by atoms with Gasteiger partial charge in [0, 0.05) is 17.1 Å². The molecule has 3 heterocycles. The highest BCUT2D eigenvalue weighted by atomic mass is 32.1. The van der Waals surface area contributed by atoms with Crippen molar-refractivity contribution in [2.45, 2.75) is 33.7 Å². The number of aromatic nitrogens is 2. The highest BCUT2D eigenvalue weighted by molar-refractivity contribution is 7.07. The number of rotatable bonds is 5. The first-order valence-corrected chi connectivity index (χ1v) is 12.8. The SMILES string of the molecule is CCOC(=O)C1=C(C)N=c2s/c(=C\c3cc(C)n(-c4ccc(F)cc4)c3C)c(=O)n2C1c1ccccc1. The normalized spacial score (nSPS) is 15.5. The van der Waals surface area contributed by atoms with Crippen molar-refractivity contribution in [3.8, 4) is 5.69 Å². The van der Waals surface area contributed by atoms with Gasteiger partial charge in [-0.15, -0.1) is 0 Å². The molecule has 5 rings (SSSR count). The molecule has 0 saturated heterocycles. The summed E-state index contributed by atoms with van der Waals surface area (Å²) in [4.78, 5) is 31.9. The van der Waals surface area contributed by atoms with Crippen molar-refractivity contribution in [1.82, 2.24) is 9.13 Å². The monoisotopic (exact) mass is 515 g/mol. The minimum absolute atomic E-state index is 0.224. The van der Waals surface area contributed by atoms with E-state index in [1.807, 2.05) is 60.9 Å². The molecule has 6 nitrogen and oxygen atoms in total. The second-order valence-corrected chi connectivity index (χ2v) is 9.86. The lowest BCUT2D eigenvalue weighted by Gasteiger charge is -2.24. The highest BCUT2D eigenvalue weighted by Crippen LogP contribution is 2.30. The number of ether oxygens (including phenoxy) is 1. The fourth-order valence-electron chi connectivity index (χ4n) is 4.80. The Morgan fingerprint density at radius 2 is 1.81 bits per heavy atom. The van der Waals surface area contributed by atoms with Crippen molar-refractivity contribution in [3.63, 3.8) is 0 Å². The zero-order valence-electron chi connectivity index (χ0n) is 21.0. The van der Waals surface area contributed by atoms with Crippen LogP contribution in [0.2, 0.25) is 0 Å². The zero-order chi connectivity index (χ0) is 26.3. The summed E-state index contributed by atoms with van der Waals surface area (Å²) in [5, 5.41) is 0. The number of carbonyl (C=O) groups excluding carboxylic acids is 1. The molecule has 0 amide bonds. The molecule has 1 aliphatic heterocycles. The molecule has 2 aromatic heterocycles. The number of hydrogen-bond acceptors (Lipinski definition) is 5. The fourth-order valence-corrected chi connectivity index (χ4v) is 5.84. The van der Waals surface area contributed by atoms with E-state index in [1.165, 1.54) is 23.5 Å². The number of carbonyl (C=O) groups is 1. The number of nitrogens with zero attached hydrogens (tertiary/aromatic N) is 3. The molecule has 4 aromatic rings. The second kappa shape index (κ2) is 9.78. The third-order valence-corrected chi connectivity index (χ3v) is 7.46. The quantitative estimate of drug-likeness (QED) is 0.372. The lowest BCUT2D eigenvalue weighted by atomic mass is 9.96. The Balaban J connectivity index is 1.68. The molecule has 37 heavy (non-hydrogen) atoms. The van der Waals surface area contributed by atoms with Crippen molar-refractivity contribution in [2.75, 3.05) is 6.61 Å². The van der Waals surface area contributed by atoms with Crippen LogP contribution in [0.1, 0.15) is 42.4 Å². The summed E-state index contributed by atoms with van der Waals surface area (Å²) < 4.78 is 22.9. The molecule has 1 unspecified atom stereocenters. The predicted molar refractivity (Wildman–Crippen MR) is 142 cm³/mol. The molecule has 0 aliphatic carbocycles. The van der Waals surface area contributed by atoms with Crippen molar-refractivity contribution in [2.24, 2.45) is 4.99 Å². The van der Waals surface area contributed by atoms with Crippen LogP contribution in [0, 0.1) is 19.7 Å². The molecule has 0 fully saturated rings. The maximum Gasteiger partial charge on any atom is 0.338 e. The molecule has 1 atom stereocenters. The topological polar surface area (TPSA) is 65.6 Å². The summed E-state index contributed by atoms with van der Waals surface area (Å²) in [6.07, 6.45) is 1.86. The smallest absolute Gasteiger partial charge is 0.338 e. The van der Waals surface area contributed by atoms with Gasteiger partial charge >= 0.3 is 5.97 Å². The zero-order valence-corrected chi connectivity index (χ0v) is 21.8. The van der Waals surface area contributed by atoms with Gasteiger partial charge in [-0.1, -0.05) is 41.7 Å². The first kappa shape index (κ1) is 24.6. The summed E-state index contributed by atoms with van der Waals surface area (Å²) in [5.74, 6) is -0.771. The number of benzene rings is 2. The lowest BCUT2D eigenvalue weighted by molar-refractivity contribution is -0.139. The summed E-state index contributed by atoms with van der Waals surface area (Å²) in [6, 6.07) is 17.1. The molecule has 0 bridgehead atoms. The Morgan fingerprint density at radius 3 is 2.49 bits per heavy atom. The Labute approximate surface area is 217 Å². The van der Waals surface area contributed by atoms with E-state index >= 15 is 0 Å². The van der Waals surface area contributed by atoms with Gasteiger partial charge in [0.25, 0.3) is 5.56 Å². The van der Waals surface area contributed by atoms with Gasteiger partial charge in [0.05, 0.1) is 28.5 Å². The minimum atomic E-state index is -0.634. The lowest BCUT2D eigenvalue weighted by Crippen LogP contribution is -2.39. The number of hydrogen-bond donors (Lipinski definition) is 0. The number of allylic oxidation sites excluding steroid dienone is 1. The summed E-state index contributed by atoms with van der Waals surface area (Å²) in [6.45, 7) is 7.69. The number of thiazole rings is 1. The van der Waals surface area contributed by atoms with Gasteiger partial charge in [-0.3, -0.25) is 9.36 Å². The van der Waals surface area contributed by atoms with Crippen LogP contribution in [-0.2, 0) is 9.53 Å². The Bertz CT molecular complexity index is 1710. The Hall–Kier alpha value is -4.04. The van der Waals surface area contributed by atoms with Gasteiger partial charge in [-0.2, -0.15) is 0 Å². The van der Waals surface area contributed by atoms with E-state index in [0.29, 0.717) is 20.6 Å². The van der Waals surface area contributed by atoms with Crippen LogP contribution in [-0.4, -0.2) is 21.7 Å². The summed E-state index contributed by atoms with van der Waals surface area (Å²) in [7, 11) is 0. The molecule has 0 spiro atoms. The molecule has 2 aromatic carbocycles. The van der Waals surface area contributed by atoms with E-state index in [9.17, 15) is 14.0 Å². The van der Waals surface area contributed by atoms with Gasteiger partial charge in [0.15, 0.2) is 4.80 Å². The molecule has 188 valence electrons. The Kier molecular flexibility index (Phi) is 6.52. The number of esters is 1. The van der Waals surface area contributed by atoms with Crippen LogP contribution < -0.4 is 14.9 Å². The average Bonchev–Trinajstić information content (AvgIpc) is 3.33. The fraction of sp³-hybridized carbons (Fsp3) is 0.207. The van der Waals surface area contributed by atoms with Crippen LogP contribution in [0.4, 0.5) is 4.39 Å². The number of fused-ring (bicyclic) bond motifs is 1. The first-order chi connectivity index (χ1) is 17.8. The van der Waals surface area contributed by atoms with Crippen molar-refractivity contribution < 1.29 is 13.9 Å². The minimum Gasteiger partial charge on any atom is -0.463 e. The summed E-state index contributed by atoms with van der Waals surface area (Å²) in [5.41, 5.74) is 5.10. The van der Waals surface area contributed by atoms with E-state index in [1.54, 1.807) is 30.5 Å². The van der Waals surface area contributed by atoms with Crippen LogP contribution in [0.25, 0.3) is 11.8 Å². The van der Waals surface area contributed by atoms with E-state index in [4.69, 9.17) is 4.74 Å². The van der Waals surface area contributed by atoms with Gasteiger partial charge < -0.3 is 9.30 Å². The third-order valence-electron chi connectivity index (χ3n) is 6.47. The van der Waals surface area contributed by atoms with Crippen molar-refractivity contribution >= 4 is 23.4 Å². The van der Waals surface area contributed by atoms with Gasteiger partial charge in [0.2, 0.25) is 0 Å². The number of aryl methyl sites for hydroxylation is 1. The maximum absolute atomic E-state index is 13.8. The molecule has 1 aliphatic rings. The average molecular weight is 516 g/mol. The van der Waals surface area contributed by atoms with Gasteiger partial charge in [0.1, 0.15) is 5.82 Å². The van der Waals surface area contributed by atoms with Crippen LogP contribution in [0.15, 0.2) is 81.7 Å². The first-order valence-electron chi connectivity index (χ1n) is 12.0. The molecule has 0 N–H and O–H groups in total. The van der Waals surface area contributed by atoms with Crippen LogP contribution >= 0.6 is 11.3 Å². The predicted octanol–water partition coefficient (Wildman–Crippen LogP) is 4.34. The second-order valence-electron chi connectivity index (χ2n) is 8.85. The van der Waals surface area contributed by atoms with E-state index in [2.05, 4.69) is 4.99 Å². The van der Waals surface area contributed by atoms with E-state index in [0.717, 1.165) is 28.2 Å². The van der Waals surface area contributed by atoms with Gasteiger partial charge in [-0.05, 0) is 75.2 Å². The molecule has 0 radical (unpaired) electrons. The van der Waals surface area contributed by atoms with Crippen molar-refractivity contribution in [1.29, 1.82) is 0 Å². The van der Waals surface area contributed by atoms with Crippen molar-refractivity contribution in [3.05, 3.63) is 120 Å². The standard InChI is InChI=1S/C29H26FN3O3S/c1-5-36-28(35)25-18(3)31-29-33(26(25)20-9-7-6-8-10-20)27(34)24(37-29)16-21-15-17(2)32(19(21)4)23-13-11-22(30)12-14-23/h6-16,26H,5H2,1-4H3/b24-16-. The summed E-state index contributed by atoms with van der Waals surface area (Å²) >= 11 is 1.29. The van der Waals surface area contributed by atoms with E-state index < -0.39 is 12.0 Å². The molecular weight excluding hydrogens is 489 g/mol. The molecule has 0 saturated carbocycles. The molecular formula is C29H26FN3O3S. The van der Waals surface area contributed by atoms with Gasteiger partial charge in [-0.25, -0.2) is 14.2 Å². The largest absolute Gasteiger partial charge is 0.463 e. The number of halogens is 1. The Morgan fingerprint density at radius 1 is 1.11 bits per heavy atom.